The van der Waals surface area contributed by atoms with Gasteiger partial charge in [-0.3, -0.25) is 9.59 Å². The van der Waals surface area contributed by atoms with E-state index in [0.29, 0.717) is 23.1 Å². The second-order valence-electron chi connectivity index (χ2n) is 5.79. The van der Waals surface area contributed by atoms with E-state index >= 15 is 0 Å². The Hall–Kier alpha value is -1.49. The van der Waals surface area contributed by atoms with Crippen molar-refractivity contribution in [3.8, 4) is 0 Å². The van der Waals surface area contributed by atoms with Gasteiger partial charge in [-0.25, -0.2) is 0 Å². The molecule has 1 aromatic rings. The molecule has 112 valence electrons. The van der Waals surface area contributed by atoms with Gasteiger partial charge in [-0.15, -0.1) is 11.8 Å². The summed E-state index contributed by atoms with van der Waals surface area (Å²) < 4.78 is 0. The molecule has 0 radical (unpaired) electrons. The molecule has 1 saturated heterocycles. The molecule has 2 amide bonds. The molecular formula is C16H20N2O2S. The second-order valence-corrected chi connectivity index (χ2v) is 6.79. The zero-order chi connectivity index (χ0) is 14.8. The average Bonchev–Trinajstić information content (AvgIpc) is 3.24. The predicted octanol–water partition coefficient (Wildman–Crippen LogP) is 2.12. The van der Waals surface area contributed by atoms with Crippen LogP contribution in [0.5, 0.6) is 0 Å². The molecule has 1 saturated carbocycles. The highest BCUT2D eigenvalue weighted by Gasteiger charge is 2.37. The standard InChI is InChI=1S/C16H20N2O2S/c1-11(12-7-8-12)17-15(19)14-9-21-10-18(14)16(20)13-5-3-2-4-6-13/h2-6,11-12,14H,7-10H2,1H3,(H,17,19)/t11-,14+/m1/s1. The van der Waals surface area contributed by atoms with Crippen LogP contribution in [0, 0.1) is 5.92 Å². The fraction of sp³-hybridized carbons (Fsp3) is 0.500. The molecule has 21 heavy (non-hydrogen) atoms. The number of thioether (sulfide) groups is 1. The fourth-order valence-corrected chi connectivity index (χ4v) is 3.80. The Labute approximate surface area is 129 Å². The van der Waals surface area contributed by atoms with Gasteiger partial charge in [-0.2, -0.15) is 0 Å². The van der Waals surface area contributed by atoms with Crippen LogP contribution in [0.1, 0.15) is 30.1 Å². The van der Waals surface area contributed by atoms with Crippen molar-refractivity contribution in [3.05, 3.63) is 35.9 Å². The molecular weight excluding hydrogens is 284 g/mol. The first-order chi connectivity index (χ1) is 10.2. The number of rotatable bonds is 4. The van der Waals surface area contributed by atoms with Gasteiger partial charge in [0.1, 0.15) is 6.04 Å². The number of hydrogen-bond donors (Lipinski definition) is 1. The fourth-order valence-electron chi connectivity index (χ4n) is 2.64. The van der Waals surface area contributed by atoms with Gasteiger partial charge in [0.2, 0.25) is 5.91 Å². The maximum absolute atomic E-state index is 12.5. The highest BCUT2D eigenvalue weighted by molar-refractivity contribution is 7.99. The Balaban J connectivity index is 1.67. The van der Waals surface area contributed by atoms with Gasteiger partial charge in [-0.1, -0.05) is 18.2 Å². The van der Waals surface area contributed by atoms with Crippen LogP contribution in [0.15, 0.2) is 30.3 Å². The molecule has 2 fully saturated rings. The van der Waals surface area contributed by atoms with E-state index in [9.17, 15) is 9.59 Å². The highest BCUT2D eigenvalue weighted by Crippen LogP contribution is 2.32. The smallest absolute Gasteiger partial charge is 0.255 e. The van der Waals surface area contributed by atoms with E-state index in [0.717, 1.165) is 0 Å². The summed E-state index contributed by atoms with van der Waals surface area (Å²) in [7, 11) is 0. The minimum absolute atomic E-state index is 0.0105. The van der Waals surface area contributed by atoms with Crippen LogP contribution in [-0.4, -0.2) is 40.4 Å². The molecule has 1 aromatic carbocycles. The molecule has 1 aliphatic carbocycles. The van der Waals surface area contributed by atoms with Gasteiger partial charge < -0.3 is 10.2 Å². The lowest BCUT2D eigenvalue weighted by atomic mass is 10.1. The second kappa shape index (κ2) is 6.10. The number of carbonyl (C=O) groups is 2. The molecule has 0 spiro atoms. The van der Waals surface area contributed by atoms with Crippen LogP contribution in [0.25, 0.3) is 0 Å². The summed E-state index contributed by atoms with van der Waals surface area (Å²) in [5, 5.41) is 3.07. The monoisotopic (exact) mass is 304 g/mol. The molecule has 0 aromatic heterocycles. The van der Waals surface area contributed by atoms with Crippen LogP contribution >= 0.6 is 11.8 Å². The van der Waals surface area contributed by atoms with Crippen LogP contribution in [0.4, 0.5) is 0 Å². The number of nitrogens with zero attached hydrogens (tertiary/aromatic N) is 1. The van der Waals surface area contributed by atoms with Gasteiger partial charge in [0.15, 0.2) is 0 Å². The average molecular weight is 304 g/mol. The molecule has 1 N–H and O–H groups in total. The van der Waals surface area contributed by atoms with Crippen molar-refractivity contribution in [3.63, 3.8) is 0 Å². The van der Waals surface area contributed by atoms with E-state index in [1.165, 1.54) is 12.8 Å². The molecule has 4 nitrogen and oxygen atoms in total. The lowest BCUT2D eigenvalue weighted by Gasteiger charge is -2.24. The summed E-state index contributed by atoms with van der Waals surface area (Å²) in [5.41, 5.74) is 0.646. The highest BCUT2D eigenvalue weighted by atomic mass is 32.2. The van der Waals surface area contributed by atoms with Crippen LogP contribution in [0.3, 0.4) is 0 Å². The molecule has 2 atom stereocenters. The Morgan fingerprint density at radius 3 is 2.67 bits per heavy atom. The van der Waals surface area contributed by atoms with Crippen LogP contribution < -0.4 is 5.32 Å². The number of nitrogens with one attached hydrogen (secondary N) is 1. The first-order valence-corrected chi connectivity index (χ1v) is 8.56. The summed E-state index contributed by atoms with van der Waals surface area (Å²) in [4.78, 5) is 26.6. The molecule has 0 bridgehead atoms. The molecule has 3 rings (SSSR count). The van der Waals surface area contributed by atoms with E-state index in [1.807, 2.05) is 18.2 Å². The van der Waals surface area contributed by atoms with E-state index < -0.39 is 0 Å². The summed E-state index contributed by atoms with van der Waals surface area (Å²) >= 11 is 1.64. The van der Waals surface area contributed by atoms with Crippen molar-refractivity contribution in [1.82, 2.24) is 10.2 Å². The normalized spacial score (nSPS) is 22.9. The van der Waals surface area contributed by atoms with Gasteiger partial charge >= 0.3 is 0 Å². The molecule has 2 aliphatic rings. The number of hydrogen-bond acceptors (Lipinski definition) is 3. The van der Waals surface area contributed by atoms with Gasteiger partial charge in [0, 0.05) is 17.4 Å². The third-order valence-corrected chi connectivity index (χ3v) is 5.18. The van der Waals surface area contributed by atoms with Crippen molar-refractivity contribution in [2.24, 2.45) is 5.92 Å². The summed E-state index contributed by atoms with van der Waals surface area (Å²) in [5.74, 6) is 1.83. The third kappa shape index (κ3) is 3.23. The zero-order valence-corrected chi connectivity index (χ0v) is 12.9. The van der Waals surface area contributed by atoms with Gasteiger partial charge in [-0.05, 0) is 37.8 Å². The Morgan fingerprint density at radius 1 is 1.29 bits per heavy atom. The minimum atomic E-state index is -0.344. The van der Waals surface area contributed by atoms with Gasteiger partial charge in [0.25, 0.3) is 5.91 Å². The largest absolute Gasteiger partial charge is 0.352 e. The number of benzene rings is 1. The minimum Gasteiger partial charge on any atom is -0.352 e. The van der Waals surface area contributed by atoms with Crippen molar-refractivity contribution in [2.45, 2.75) is 31.8 Å². The third-order valence-electron chi connectivity index (χ3n) is 4.17. The molecule has 1 aliphatic heterocycles. The van der Waals surface area contributed by atoms with E-state index in [-0.39, 0.29) is 23.9 Å². The van der Waals surface area contributed by atoms with E-state index in [2.05, 4.69) is 12.2 Å². The topological polar surface area (TPSA) is 49.4 Å². The van der Waals surface area contributed by atoms with Gasteiger partial charge in [0.05, 0.1) is 5.88 Å². The first kappa shape index (κ1) is 14.4. The first-order valence-electron chi connectivity index (χ1n) is 7.41. The van der Waals surface area contributed by atoms with Crippen molar-refractivity contribution >= 4 is 23.6 Å². The van der Waals surface area contributed by atoms with E-state index in [4.69, 9.17) is 0 Å². The van der Waals surface area contributed by atoms with Crippen molar-refractivity contribution in [2.75, 3.05) is 11.6 Å². The Bertz CT molecular complexity index is 530. The zero-order valence-electron chi connectivity index (χ0n) is 12.1. The lowest BCUT2D eigenvalue weighted by Crippen LogP contribution is -2.49. The molecule has 1 heterocycles. The van der Waals surface area contributed by atoms with Crippen LogP contribution in [0.2, 0.25) is 0 Å². The Kier molecular flexibility index (Phi) is 4.19. The molecule has 0 unspecified atom stereocenters. The maximum atomic E-state index is 12.5. The summed E-state index contributed by atoms with van der Waals surface area (Å²) in [6.45, 7) is 2.06. The quantitative estimate of drug-likeness (QED) is 0.927. The predicted molar refractivity (Wildman–Crippen MR) is 84.1 cm³/mol. The number of carbonyl (C=O) groups excluding carboxylic acids is 2. The lowest BCUT2D eigenvalue weighted by molar-refractivity contribution is -0.125. The van der Waals surface area contributed by atoms with Crippen molar-refractivity contribution in [1.29, 1.82) is 0 Å². The number of amides is 2. The Morgan fingerprint density at radius 2 is 2.00 bits per heavy atom. The van der Waals surface area contributed by atoms with Crippen molar-refractivity contribution < 1.29 is 9.59 Å². The van der Waals surface area contributed by atoms with Crippen LogP contribution in [-0.2, 0) is 4.79 Å². The SMILES string of the molecule is C[C@@H](NC(=O)[C@@H]1CSCN1C(=O)c1ccccc1)C1CC1. The molecule has 5 heteroatoms. The summed E-state index contributed by atoms with van der Waals surface area (Å²) in [6.07, 6.45) is 2.40. The maximum Gasteiger partial charge on any atom is 0.255 e. The summed E-state index contributed by atoms with van der Waals surface area (Å²) in [6, 6.07) is 9.05. The van der Waals surface area contributed by atoms with E-state index in [1.54, 1.807) is 28.8 Å².